The fourth-order valence-corrected chi connectivity index (χ4v) is 2.71. The number of nitrogens with zero attached hydrogens (tertiary/aromatic N) is 1. The van der Waals surface area contributed by atoms with Gasteiger partial charge in [0.1, 0.15) is 5.69 Å². The van der Waals surface area contributed by atoms with Crippen LogP contribution in [0.25, 0.3) is 16.5 Å². The molecule has 0 fully saturated rings. The first kappa shape index (κ1) is 15.3. The van der Waals surface area contributed by atoms with Crippen molar-refractivity contribution in [2.45, 2.75) is 20.0 Å². The van der Waals surface area contributed by atoms with Gasteiger partial charge in [0.15, 0.2) is 0 Å². The van der Waals surface area contributed by atoms with Gasteiger partial charge in [-0.15, -0.1) is 0 Å². The Bertz CT molecular complexity index is 906. The molecule has 0 N–H and O–H groups in total. The minimum Gasteiger partial charge on any atom is -0.312 e. The lowest BCUT2D eigenvalue weighted by molar-refractivity contribution is -0.0888. The van der Waals surface area contributed by atoms with Crippen molar-refractivity contribution in [1.82, 2.24) is 4.57 Å². The number of hydrogen-bond donors (Lipinski definition) is 0. The van der Waals surface area contributed by atoms with E-state index in [-0.39, 0.29) is 5.69 Å². The van der Waals surface area contributed by atoms with Crippen LogP contribution < -0.4 is 0 Å². The van der Waals surface area contributed by atoms with Gasteiger partial charge in [0.2, 0.25) is 0 Å². The van der Waals surface area contributed by atoms with E-state index in [4.69, 9.17) is 0 Å². The molecular formula is C18H14F3NO. The summed E-state index contributed by atoms with van der Waals surface area (Å²) in [5, 5.41) is 0.900. The number of alkyl halides is 3. The quantitative estimate of drug-likeness (QED) is 0.610. The smallest absolute Gasteiger partial charge is 0.312 e. The lowest BCUT2D eigenvalue weighted by Crippen LogP contribution is -2.25. The Labute approximate surface area is 131 Å². The molecule has 0 atom stereocenters. The minimum absolute atomic E-state index is 0.302. The van der Waals surface area contributed by atoms with Crippen molar-refractivity contribution < 1.29 is 18.0 Å². The van der Waals surface area contributed by atoms with E-state index < -0.39 is 12.0 Å². The van der Waals surface area contributed by atoms with Gasteiger partial charge < -0.3 is 4.57 Å². The summed E-state index contributed by atoms with van der Waals surface area (Å²) in [6.45, 7) is 3.71. The number of carbonyl (C=O) groups excluding carboxylic acids is 1. The number of ketones is 1. The molecule has 0 amide bonds. The van der Waals surface area contributed by atoms with Gasteiger partial charge in [-0.25, -0.2) is 0 Å². The van der Waals surface area contributed by atoms with E-state index in [1.165, 1.54) is 10.6 Å². The molecule has 0 unspecified atom stereocenters. The van der Waals surface area contributed by atoms with E-state index in [2.05, 4.69) is 0 Å². The third kappa shape index (κ3) is 2.52. The van der Waals surface area contributed by atoms with E-state index in [1.807, 2.05) is 19.9 Å². The lowest BCUT2D eigenvalue weighted by atomic mass is 10.1. The van der Waals surface area contributed by atoms with Crippen LogP contribution >= 0.6 is 0 Å². The van der Waals surface area contributed by atoms with Crippen molar-refractivity contribution in [2.75, 3.05) is 0 Å². The summed E-state index contributed by atoms with van der Waals surface area (Å²) in [6, 6.07) is 12.0. The van der Waals surface area contributed by atoms with Crippen molar-refractivity contribution in [2.24, 2.45) is 0 Å². The normalized spacial score (nSPS) is 11.9. The average Bonchev–Trinajstić information content (AvgIpc) is 2.87. The van der Waals surface area contributed by atoms with Crippen molar-refractivity contribution in [1.29, 1.82) is 0 Å². The monoisotopic (exact) mass is 317 g/mol. The zero-order chi connectivity index (χ0) is 16.8. The molecule has 2 aromatic carbocycles. The van der Waals surface area contributed by atoms with E-state index in [1.54, 1.807) is 36.5 Å². The van der Waals surface area contributed by atoms with Crippen LogP contribution in [0, 0.1) is 13.8 Å². The number of benzene rings is 2. The molecule has 5 heteroatoms. The maximum absolute atomic E-state index is 13.1. The zero-order valence-corrected chi connectivity index (χ0v) is 12.6. The van der Waals surface area contributed by atoms with Crippen LogP contribution in [0.1, 0.15) is 21.6 Å². The first-order valence-corrected chi connectivity index (χ1v) is 7.09. The molecule has 1 aromatic heterocycles. The standard InChI is InChI=1S/C18H14F3NO/c1-11-6-5-9-15(12(11)2)22-10-13-7-3-4-8-14(13)16(22)17(23)18(19,20)21/h3-10H,1-2H3. The van der Waals surface area contributed by atoms with Crippen LogP contribution in [0.15, 0.2) is 48.7 Å². The second kappa shape index (κ2) is 5.26. The third-order valence-electron chi connectivity index (χ3n) is 4.03. The molecule has 23 heavy (non-hydrogen) atoms. The van der Waals surface area contributed by atoms with Gasteiger partial charge in [-0.05, 0) is 31.0 Å². The molecule has 3 rings (SSSR count). The summed E-state index contributed by atoms with van der Waals surface area (Å²) in [5.74, 6) is -1.83. The topological polar surface area (TPSA) is 22.0 Å². The average molecular weight is 317 g/mol. The summed E-state index contributed by atoms with van der Waals surface area (Å²) in [5.41, 5.74) is 2.02. The Hall–Kier alpha value is -2.56. The number of aryl methyl sites for hydroxylation is 1. The molecule has 0 aliphatic rings. The largest absolute Gasteiger partial charge is 0.456 e. The van der Waals surface area contributed by atoms with Crippen molar-refractivity contribution in [3.8, 4) is 5.69 Å². The van der Waals surface area contributed by atoms with Gasteiger partial charge >= 0.3 is 6.18 Å². The first-order valence-electron chi connectivity index (χ1n) is 7.09. The maximum Gasteiger partial charge on any atom is 0.456 e. The van der Waals surface area contributed by atoms with Crippen LogP contribution in [0.3, 0.4) is 0 Å². The Kier molecular flexibility index (Phi) is 3.51. The van der Waals surface area contributed by atoms with Gasteiger partial charge in [0.25, 0.3) is 5.78 Å². The highest BCUT2D eigenvalue weighted by atomic mass is 19.4. The Morgan fingerprint density at radius 3 is 2.39 bits per heavy atom. The Morgan fingerprint density at radius 2 is 1.70 bits per heavy atom. The van der Waals surface area contributed by atoms with Crippen LogP contribution in [-0.4, -0.2) is 16.5 Å². The second-order valence-electron chi connectivity index (χ2n) is 5.48. The highest BCUT2D eigenvalue weighted by Gasteiger charge is 2.42. The fraction of sp³-hybridized carbons (Fsp3) is 0.167. The number of Topliss-reactive ketones (excluding diaryl/α,β-unsaturated/α-hetero) is 1. The Morgan fingerprint density at radius 1 is 1.00 bits per heavy atom. The van der Waals surface area contributed by atoms with Gasteiger partial charge in [0, 0.05) is 22.7 Å². The van der Waals surface area contributed by atoms with E-state index in [0.717, 1.165) is 11.1 Å². The number of aromatic nitrogens is 1. The fourth-order valence-electron chi connectivity index (χ4n) is 2.71. The molecule has 0 aliphatic carbocycles. The first-order chi connectivity index (χ1) is 10.8. The second-order valence-corrected chi connectivity index (χ2v) is 5.48. The molecule has 0 spiro atoms. The number of rotatable bonds is 2. The van der Waals surface area contributed by atoms with Gasteiger partial charge in [-0.2, -0.15) is 13.2 Å². The highest BCUT2D eigenvalue weighted by Crippen LogP contribution is 2.32. The predicted octanol–water partition coefficient (Wildman–Crippen LogP) is 4.99. The summed E-state index contributed by atoms with van der Waals surface area (Å²) in [6.07, 6.45) is -3.34. The summed E-state index contributed by atoms with van der Waals surface area (Å²) in [4.78, 5) is 12.0. The summed E-state index contributed by atoms with van der Waals surface area (Å²) >= 11 is 0. The third-order valence-corrected chi connectivity index (χ3v) is 4.03. The molecule has 0 saturated heterocycles. The van der Waals surface area contributed by atoms with Gasteiger partial charge in [0.05, 0.1) is 0 Å². The predicted molar refractivity (Wildman–Crippen MR) is 83.1 cm³/mol. The molecule has 3 aromatic rings. The van der Waals surface area contributed by atoms with Gasteiger partial charge in [-0.3, -0.25) is 4.79 Å². The van der Waals surface area contributed by atoms with Gasteiger partial charge in [-0.1, -0.05) is 36.4 Å². The van der Waals surface area contributed by atoms with Crippen LogP contribution in [0.4, 0.5) is 13.2 Å². The van der Waals surface area contributed by atoms with Crippen molar-refractivity contribution in [3.63, 3.8) is 0 Å². The summed E-state index contributed by atoms with van der Waals surface area (Å²) in [7, 11) is 0. The van der Waals surface area contributed by atoms with Crippen LogP contribution in [0.5, 0.6) is 0 Å². The maximum atomic E-state index is 13.1. The number of carbonyl (C=O) groups is 1. The van der Waals surface area contributed by atoms with E-state index in [0.29, 0.717) is 16.5 Å². The number of halogens is 3. The molecule has 118 valence electrons. The Balaban J connectivity index is 2.37. The van der Waals surface area contributed by atoms with Crippen molar-refractivity contribution in [3.05, 3.63) is 65.5 Å². The molecule has 0 aliphatic heterocycles. The van der Waals surface area contributed by atoms with Crippen molar-refractivity contribution >= 4 is 16.6 Å². The number of hydrogen-bond acceptors (Lipinski definition) is 1. The van der Waals surface area contributed by atoms with Crippen LogP contribution in [-0.2, 0) is 0 Å². The molecule has 0 bridgehead atoms. The zero-order valence-electron chi connectivity index (χ0n) is 12.6. The molecule has 1 heterocycles. The number of fused-ring (bicyclic) bond motifs is 1. The highest BCUT2D eigenvalue weighted by molar-refractivity contribution is 6.10. The summed E-state index contributed by atoms with van der Waals surface area (Å²) < 4.78 is 40.5. The van der Waals surface area contributed by atoms with E-state index >= 15 is 0 Å². The molecule has 0 saturated carbocycles. The van der Waals surface area contributed by atoms with E-state index in [9.17, 15) is 18.0 Å². The SMILES string of the molecule is Cc1cccc(-n2cc3ccccc3c2C(=O)C(F)(F)F)c1C. The molecule has 0 radical (unpaired) electrons. The molecule has 2 nitrogen and oxygen atoms in total. The minimum atomic E-state index is -4.92. The molecular weight excluding hydrogens is 303 g/mol. The lowest BCUT2D eigenvalue weighted by Gasteiger charge is -2.14. The van der Waals surface area contributed by atoms with Crippen LogP contribution in [0.2, 0.25) is 0 Å².